The molecule has 1 aromatic carbocycles. The van der Waals surface area contributed by atoms with Gasteiger partial charge in [0, 0.05) is 24.2 Å². The highest BCUT2D eigenvalue weighted by molar-refractivity contribution is 6.35. The highest BCUT2D eigenvalue weighted by Gasteiger charge is 2.09. The molecule has 0 N–H and O–H groups in total. The van der Waals surface area contributed by atoms with E-state index in [1.165, 1.54) is 0 Å². The van der Waals surface area contributed by atoms with Gasteiger partial charge in [0.1, 0.15) is 6.61 Å². The van der Waals surface area contributed by atoms with Gasteiger partial charge in [-0.05, 0) is 26.2 Å². The number of fused-ring (bicyclic) bond motifs is 1. The molecule has 0 atom stereocenters. The maximum absolute atomic E-state index is 6.14. The molecule has 0 aliphatic carbocycles. The Kier molecular flexibility index (Phi) is 4.45. The van der Waals surface area contributed by atoms with E-state index in [0.29, 0.717) is 23.1 Å². The monoisotopic (exact) mass is 280 g/mol. The van der Waals surface area contributed by atoms with Crippen LogP contribution in [0.15, 0.2) is 24.4 Å². The predicted molar refractivity (Wildman–Crippen MR) is 77.4 cm³/mol. The molecule has 0 saturated heterocycles. The van der Waals surface area contributed by atoms with E-state index >= 15 is 0 Å². The zero-order valence-electron chi connectivity index (χ0n) is 11.3. The molecule has 4 nitrogen and oxygen atoms in total. The Morgan fingerprint density at radius 1 is 1.26 bits per heavy atom. The number of aromatic nitrogens is 1. The summed E-state index contributed by atoms with van der Waals surface area (Å²) in [5.41, 5.74) is 0.799. The number of benzene rings is 1. The Labute approximate surface area is 117 Å². The van der Waals surface area contributed by atoms with E-state index in [0.717, 1.165) is 17.4 Å². The first-order valence-corrected chi connectivity index (χ1v) is 6.39. The lowest BCUT2D eigenvalue weighted by Gasteiger charge is -2.14. The van der Waals surface area contributed by atoms with Gasteiger partial charge in [-0.3, -0.25) is 4.98 Å². The van der Waals surface area contributed by atoms with Gasteiger partial charge in [-0.15, -0.1) is 0 Å². The third-order valence-corrected chi connectivity index (χ3v) is 3.10. The Bertz CT molecular complexity index is 573. The van der Waals surface area contributed by atoms with Gasteiger partial charge in [-0.1, -0.05) is 11.6 Å². The fourth-order valence-electron chi connectivity index (χ4n) is 1.73. The van der Waals surface area contributed by atoms with Crippen LogP contribution < -0.4 is 9.47 Å². The molecule has 0 fully saturated rings. The summed E-state index contributed by atoms with van der Waals surface area (Å²) in [6.45, 7) is 1.43. The molecule has 2 aromatic rings. The van der Waals surface area contributed by atoms with Crippen LogP contribution in [-0.2, 0) is 0 Å². The molecule has 19 heavy (non-hydrogen) atoms. The summed E-state index contributed by atoms with van der Waals surface area (Å²) in [4.78, 5) is 6.35. The van der Waals surface area contributed by atoms with Crippen LogP contribution in [0, 0.1) is 0 Å². The van der Waals surface area contributed by atoms with E-state index < -0.39 is 0 Å². The lowest BCUT2D eigenvalue weighted by molar-refractivity contribution is 0.251. The number of ether oxygens (including phenoxy) is 2. The maximum atomic E-state index is 6.14. The second-order valence-corrected chi connectivity index (χ2v) is 4.87. The van der Waals surface area contributed by atoms with Gasteiger partial charge in [-0.2, -0.15) is 0 Å². The molecule has 0 bridgehead atoms. The minimum Gasteiger partial charge on any atom is -0.493 e. The highest BCUT2D eigenvalue weighted by atomic mass is 35.5. The number of likely N-dealkylation sites (N-methyl/N-ethyl adjacent to an activating group) is 1. The Balaban J connectivity index is 2.32. The van der Waals surface area contributed by atoms with Crippen LogP contribution in [0.4, 0.5) is 0 Å². The average molecular weight is 281 g/mol. The predicted octanol–water partition coefficient (Wildman–Crippen LogP) is 2.84. The van der Waals surface area contributed by atoms with Crippen molar-refractivity contribution in [2.24, 2.45) is 0 Å². The van der Waals surface area contributed by atoms with Crippen LogP contribution in [-0.4, -0.2) is 44.2 Å². The summed E-state index contributed by atoms with van der Waals surface area (Å²) in [5.74, 6) is 1.35. The molecule has 0 aliphatic rings. The summed E-state index contributed by atoms with van der Waals surface area (Å²) in [5, 5.41) is 1.52. The van der Waals surface area contributed by atoms with Gasteiger partial charge < -0.3 is 14.4 Å². The summed E-state index contributed by atoms with van der Waals surface area (Å²) >= 11 is 6.14. The third-order valence-electron chi connectivity index (χ3n) is 2.77. The Morgan fingerprint density at radius 2 is 2.05 bits per heavy atom. The molecule has 0 unspecified atom stereocenters. The van der Waals surface area contributed by atoms with E-state index in [9.17, 15) is 0 Å². The lowest BCUT2D eigenvalue weighted by Crippen LogP contribution is -2.19. The molecule has 1 aromatic heterocycles. The number of hydrogen-bond acceptors (Lipinski definition) is 4. The van der Waals surface area contributed by atoms with Crippen molar-refractivity contribution in [1.29, 1.82) is 0 Å². The van der Waals surface area contributed by atoms with Crippen LogP contribution in [0.5, 0.6) is 11.5 Å². The summed E-state index contributed by atoms with van der Waals surface area (Å²) in [6, 6.07) is 5.47. The topological polar surface area (TPSA) is 34.6 Å². The maximum Gasteiger partial charge on any atom is 0.163 e. The number of hydrogen-bond donors (Lipinski definition) is 0. The van der Waals surface area contributed by atoms with Gasteiger partial charge in [0.2, 0.25) is 0 Å². The Hall–Kier alpha value is -1.52. The van der Waals surface area contributed by atoms with Crippen LogP contribution in [0.25, 0.3) is 10.9 Å². The lowest BCUT2D eigenvalue weighted by atomic mass is 10.2. The number of pyridine rings is 1. The van der Waals surface area contributed by atoms with E-state index in [-0.39, 0.29) is 0 Å². The average Bonchev–Trinajstić information content (AvgIpc) is 2.38. The smallest absolute Gasteiger partial charge is 0.163 e. The zero-order valence-corrected chi connectivity index (χ0v) is 12.1. The summed E-state index contributed by atoms with van der Waals surface area (Å²) in [6.07, 6.45) is 1.68. The molecule has 1 heterocycles. The van der Waals surface area contributed by atoms with Crippen LogP contribution in [0.1, 0.15) is 0 Å². The molecule has 0 radical (unpaired) electrons. The summed E-state index contributed by atoms with van der Waals surface area (Å²) in [7, 11) is 5.62. The number of rotatable bonds is 5. The van der Waals surface area contributed by atoms with E-state index in [4.69, 9.17) is 21.1 Å². The quantitative estimate of drug-likeness (QED) is 0.843. The molecule has 0 amide bonds. The van der Waals surface area contributed by atoms with Crippen molar-refractivity contribution in [3.8, 4) is 11.5 Å². The zero-order chi connectivity index (χ0) is 13.8. The molecule has 102 valence electrons. The fourth-order valence-corrected chi connectivity index (χ4v) is 1.94. The van der Waals surface area contributed by atoms with Gasteiger partial charge >= 0.3 is 0 Å². The van der Waals surface area contributed by atoms with E-state index in [1.54, 1.807) is 19.4 Å². The first-order valence-electron chi connectivity index (χ1n) is 6.01. The van der Waals surface area contributed by atoms with Crippen LogP contribution in [0.2, 0.25) is 5.02 Å². The van der Waals surface area contributed by atoms with Gasteiger partial charge in [0.25, 0.3) is 0 Å². The Morgan fingerprint density at radius 3 is 2.74 bits per heavy atom. The number of methoxy groups -OCH3 is 1. The van der Waals surface area contributed by atoms with Crippen molar-refractivity contribution >= 4 is 22.5 Å². The van der Waals surface area contributed by atoms with Crippen LogP contribution in [0.3, 0.4) is 0 Å². The second-order valence-electron chi connectivity index (χ2n) is 4.46. The molecular weight excluding hydrogens is 264 g/mol. The van der Waals surface area contributed by atoms with Crippen LogP contribution >= 0.6 is 11.6 Å². The first-order chi connectivity index (χ1) is 9.11. The van der Waals surface area contributed by atoms with E-state index in [1.807, 2.05) is 26.2 Å². The van der Waals surface area contributed by atoms with Gasteiger partial charge in [-0.25, -0.2) is 0 Å². The number of nitrogens with zero attached hydrogens (tertiary/aromatic N) is 2. The first kappa shape index (κ1) is 13.9. The molecule has 5 heteroatoms. The third kappa shape index (κ3) is 3.28. The van der Waals surface area contributed by atoms with Gasteiger partial charge in [0.15, 0.2) is 11.5 Å². The van der Waals surface area contributed by atoms with Crippen molar-refractivity contribution in [3.05, 3.63) is 29.4 Å². The second kappa shape index (κ2) is 6.08. The standard InChI is InChI=1S/C14H17ClN2O2/c1-17(2)6-7-19-14-9-12-10(8-13(14)18-3)11(15)4-5-16-12/h4-5,8-9H,6-7H2,1-3H3. The minimum absolute atomic E-state index is 0.593. The van der Waals surface area contributed by atoms with Crippen molar-refractivity contribution in [2.45, 2.75) is 0 Å². The van der Waals surface area contributed by atoms with Crippen molar-refractivity contribution in [1.82, 2.24) is 9.88 Å². The molecule has 0 saturated carbocycles. The highest BCUT2D eigenvalue weighted by Crippen LogP contribution is 2.34. The van der Waals surface area contributed by atoms with Crippen molar-refractivity contribution in [2.75, 3.05) is 34.4 Å². The van der Waals surface area contributed by atoms with E-state index in [2.05, 4.69) is 9.88 Å². The molecule has 0 spiro atoms. The van der Waals surface area contributed by atoms with Gasteiger partial charge in [0.05, 0.1) is 17.6 Å². The fraction of sp³-hybridized carbons (Fsp3) is 0.357. The van der Waals surface area contributed by atoms with Crippen molar-refractivity contribution in [3.63, 3.8) is 0 Å². The molecule has 0 aliphatic heterocycles. The largest absolute Gasteiger partial charge is 0.493 e. The normalized spacial score (nSPS) is 11.0. The number of halogens is 1. The summed E-state index contributed by atoms with van der Waals surface area (Å²) < 4.78 is 11.1. The minimum atomic E-state index is 0.593. The molecular formula is C14H17ClN2O2. The van der Waals surface area contributed by atoms with Crippen molar-refractivity contribution < 1.29 is 9.47 Å². The molecule has 2 rings (SSSR count). The SMILES string of the molecule is COc1cc2c(Cl)ccnc2cc1OCCN(C)C.